The molecule has 15 heavy (non-hydrogen) atoms. The average molecular weight is 211 g/mol. The minimum Gasteiger partial charge on any atom is -0.490 e. The molecular weight excluding hydrogens is 202 g/mol. The van der Waals surface area contributed by atoms with Crippen LogP contribution in [0.15, 0.2) is 18.2 Å². The maximum absolute atomic E-state index is 11.2. The van der Waals surface area contributed by atoms with Crippen LogP contribution < -0.4 is 16.0 Å². The van der Waals surface area contributed by atoms with E-state index in [1.54, 1.807) is 0 Å². The van der Waals surface area contributed by atoms with Crippen molar-refractivity contribution >= 4 is 11.6 Å². The molecule has 3 N–H and O–H groups in total. The molecule has 1 aromatic carbocycles. The molecule has 1 amide bonds. The molecule has 0 saturated heterocycles. The van der Waals surface area contributed by atoms with Gasteiger partial charge in [0.1, 0.15) is 5.56 Å². The van der Waals surface area contributed by atoms with Gasteiger partial charge in [-0.1, -0.05) is 6.07 Å². The highest BCUT2D eigenvalue weighted by molar-refractivity contribution is 5.98. The fourth-order valence-electron chi connectivity index (χ4n) is 1.14. The van der Waals surface area contributed by atoms with Gasteiger partial charge in [-0.15, -0.1) is 0 Å². The van der Waals surface area contributed by atoms with Crippen molar-refractivity contribution < 1.29 is 14.5 Å². The zero-order valence-corrected chi connectivity index (χ0v) is 7.89. The van der Waals surface area contributed by atoms with Crippen molar-refractivity contribution in [3.05, 3.63) is 33.9 Å². The summed E-state index contributed by atoms with van der Waals surface area (Å²) in [6.45, 7) is 0. The molecule has 0 aliphatic carbocycles. The van der Waals surface area contributed by atoms with Gasteiger partial charge in [-0.25, -0.2) is 5.84 Å². The Labute approximate surface area is 84.9 Å². The number of nitro groups is 1. The fraction of sp³-hybridized carbons (Fsp3) is 0.125. The minimum absolute atomic E-state index is 0.0149. The molecule has 0 spiro atoms. The first kappa shape index (κ1) is 10.9. The summed E-state index contributed by atoms with van der Waals surface area (Å²) < 4.78 is 4.78. The molecular formula is C8H9N3O4. The number of benzene rings is 1. The van der Waals surface area contributed by atoms with E-state index >= 15 is 0 Å². The van der Waals surface area contributed by atoms with Gasteiger partial charge in [0.2, 0.25) is 0 Å². The number of para-hydroxylation sites is 1. The molecule has 80 valence electrons. The molecule has 0 bridgehead atoms. The summed E-state index contributed by atoms with van der Waals surface area (Å²) in [4.78, 5) is 21.2. The van der Waals surface area contributed by atoms with Crippen LogP contribution in [0.1, 0.15) is 10.4 Å². The summed E-state index contributed by atoms with van der Waals surface area (Å²) >= 11 is 0. The van der Waals surface area contributed by atoms with Gasteiger partial charge in [0, 0.05) is 0 Å². The van der Waals surface area contributed by atoms with E-state index < -0.39 is 16.5 Å². The topological polar surface area (TPSA) is 107 Å². The lowest BCUT2D eigenvalue weighted by Gasteiger charge is -2.05. The molecule has 0 radical (unpaired) electrons. The standard InChI is InChI=1S/C8H9N3O4/c1-15-6-4-2-3-5(8(12)10-9)7(6)11(13)14/h2-4H,9H2,1H3,(H,10,12). The molecule has 1 rings (SSSR count). The normalized spacial score (nSPS) is 9.47. The highest BCUT2D eigenvalue weighted by Gasteiger charge is 2.24. The molecule has 0 unspecified atom stereocenters. The number of hydrogen-bond donors (Lipinski definition) is 2. The number of methoxy groups -OCH3 is 1. The SMILES string of the molecule is COc1cccc(C(=O)NN)c1[N+](=O)[O-]. The number of rotatable bonds is 3. The van der Waals surface area contributed by atoms with Gasteiger partial charge in [-0.2, -0.15) is 0 Å². The van der Waals surface area contributed by atoms with Crippen LogP contribution in [0.2, 0.25) is 0 Å². The fourth-order valence-corrected chi connectivity index (χ4v) is 1.14. The lowest BCUT2D eigenvalue weighted by atomic mass is 10.1. The molecule has 0 aliphatic heterocycles. The van der Waals surface area contributed by atoms with Crippen LogP contribution in [0, 0.1) is 10.1 Å². The number of amides is 1. The van der Waals surface area contributed by atoms with Crippen molar-refractivity contribution in [3.8, 4) is 5.75 Å². The summed E-state index contributed by atoms with van der Waals surface area (Å²) in [5, 5.41) is 10.7. The van der Waals surface area contributed by atoms with Gasteiger partial charge in [-0.05, 0) is 12.1 Å². The van der Waals surface area contributed by atoms with E-state index in [-0.39, 0.29) is 11.3 Å². The molecule has 0 aliphatic rings. The summed E-state index contributed by atoms with van der Waals surface area (Å²) in [5.74, 6) is 4.18. The summed E-state index contributed by atoms with van der Waals surface area (Å²) in [5.41, 5.74) is 1.29. The van der Waals surface area contributed by atoms with E-state index in [0.717, 1.165) is 0 Å². The second kappa shape index (κ2) is 4.38. The summed E-state index contributed by atoms with van der Waals surface area (Å²) in [6, 6.07) is 4.16. The van der Waals surface area contributed by atoms with Crippen LogP contribution in [0.4, 0.5) is 5.69 Å². The Bertz CT molecular complexity index is 405. The number of nitrogen functional groups attached to an aromatic ring is 1. The molecule has 0 fully saturated rings. The van der Waals surface area contributed by atoms with E-state index in [0.29, 0.717) is 0 Å². The zero-order valence-electron chi connectivity index (χ0n) is 7.89. The Morgan fingerprint density at radius 1 is 1.60 bits per heavy atom. The highest BCUT2D eigenvalue weighted by Crippen LogP contribution is 2.30. The average Bonchev–Trinajstić information content (AvgIpc) is 2.26. The predicted molar refractivity (Wildman–Crippen MR) is 51.3 cm³/mol. The van der Waals surface area contributed by atoms with E-state index in [1.807, 2.05) is 5.43 Å². The molecule has 0 saturated carbocycles. The Morgan fingerprint density at radius 2 is 2.27 bits per heavy atom. The number of ether oxygens (including phenoxy) is 1. The highest BCUT2D eigenvalue weighted by atomic mass is 16.6. The number of nitro benzene ring substituents is 1. The van der Waals surface area contributed by atoms with Gasteiger partial charge >= 0.3 is 5.69 Å². The monoisotopic (exact) mass is 211 g/mol. The van der Waals surface area contributed by atoms with Crippen molar-refractivity contribution in [2.45, 2.75) is 0 Å². The summed E-state index contributed by atoms with van der Waals surface area (Å²) in [7, 11) is 1.28. The van der Waals surface area contributed by atoms with Crippen LogP contribution in [-0.4, -0.2) is 17.9 Å². The first-order valence-corrected chi connectivity index (χ1v) is 3.94. The van der Waals surface area contributed by atoms with E-state index in [9.17, 15) is 14.9 Å². The van der Waals surface area contributed by atoms with Crippen LogP contribution in [-0.2, 0) is 0 Å². The first-order valence-electron chi connectivity index (χ1n) is 3.94. The summed E-state index contributed by atoms with van der Waals surface area (Å²) in [6.07, 6.45) is 0. The quantitative estimate of drug-likeness (QED) is 0.321. The largest absolute Gasteiger partial charge is 0.490 e. The lowest BCUT2D eigenvalue weighted by molar-refractivity contribution is -0.386. The van der Waals surface area contributed by atoms with Crippen molar-refractivity contribution in [1.29, 1.82) is 0 Å². The number of hydrazine groups is 1. The van der Waals surface area contributed by atoms with Crippen LogP contribution in [0.5, 0.6) is 5.75 Å². The molecule has 7 heteroatoms. The third kappa shape index (κ3) is 2.02. The van der Waals surface area contributed by atoms with Crippen molar-refractivity contribution in [1.82, 2.24) is 5.43 Å². The van der Waals surface area contributed by atoms with Crippen LogP contribution >= 0.6 is 0 Å². The van der Waals surface area contributed by atoms with Gasteiger partial charge in [0.15, 0.2) is 5.75 Å². The van der Waals surface area contributed by atoms with Crippen molar-refractivity contribution in [3.63, 3.8) is 0 Å². The predicted octanol–water partition coefficient (Wildman–Crippen LogP) is 0.207. The number of nitrogens with zero attached hydrogens (tertiary/aromatic N) is 1. The molecule has 0 aromatic heterocycles. The maximum Gasteiger partial charge on any atom is 0.323 e. The number of nitrogens with two attached hydrogens (primary N) is 1. The smallest absolute Gasteiger partial charge is 0.323 e. The third-order valence-corrected chi connectivity index (χ3v) is 1.78. The second-order valence-electron chi connectivity index (χ2n) is 2.59. The number of carbonyl (C=O) groups excluding carboxylic acids is 1. The number of nitrogens with one attached hydrogen (secondary N) is 1. The van der Waals surface area contributed by atoms with E-state index in [1.165, 1.54) is 25.3 Å². The third-order valence-electron chi connectivity index (χ3n) is 1.78. The molecule has 0 atom stereocenters. The van der Waals surface area contributed by atoms with Crippen molar-refractivity contribution in [2.24, 2.45) is 5.84 Å². The van der Waals surface area contributed by atoms with E-state index in [2.05, 4.69) is 0 Å². The molecule has 7 nitrogen and oxygen atoms in total. The Balaban J connectivity index is 3.38. The van der Waals surface area contributed by atoms with Crippen LogP contribution in [0.3, 0.4) is 0 Å². The number of carbonyl (C=O) groups is 1. The lowest BCUT2D eigenvalue weighted by Crippen LogP contribution is -2.30. The molecule has 0 heterocycles. The first-order chi connectivity index (χ1) is 7.11. The van der Waals surface area contributed by atoms with Gasteiger partial charge in [-0.3, -0.25) is 20.3 Å². The van der Waals surface area contributed by atoms with E-state index in [4.69, 9.17) is 10.6 Å². The zero-order chi connectivity index (χ0) is 11.4. The number of hydrogen-bond acceptors (Lipinski definition) is 5. The van der Waals surface area contributed by atoms with Crippen LogP contribution in [0.25, 0.3) is 0 Å². The maximum atomic E-state index is 11.2. The van der Waals surface area contributed by atoms with Gasteiger partial charge in [0.25, 0.3) is 5.91 Å². The molecule has 1 aromatic rings. The Hall–Kier alpha value is -2.15. The van der Waals surface area contributed by atoms with Gasteiger partial charge < -0.3 is 4.74 Å². The Kier molecular flexibility index (Phi) is 3.19. The minimum atomic E-state index is -0.736. The Morgan fingerprint density at radius 3 is 2.73 bits per heavy atom. The van der Waals surface area contributed by atoms with Crippen molar-refractivity contribution in [2.75, 3.05) is 7.11 Å². The van der Waals surface area contributed by atoms with Gasteiger partial charge in [0.05, 0.1) is 12.0 Å². The second-order valence-corrected chi connectivity index (χ2v) is 2.59.